The summed E-state index contributed by atoms with van der Waals surface area (Å²) in [6.45, 7) is 2.95. The Balaban J connectivity index is 1.29. The number of nitrogens with two attached hydrogens (primary N) is 2. The van der Waals surface area contributed by atoms with Gasteiger partial charge in [-0.15, -0.1) is 0 Å². The van der Waals surface area contributed by atoms with Crippen LogP contribution in [0.5, 0.6) is 0 Å². The Hall–Kier alpha value is -2.73. The van der Waals surface area contributed by atoms with E-state index in [0.717, 1.165) is 42.8 Å². The number of aliphatic hydroxyl groups is 1. The summed E-state index contributed by atoms with van der Waals surface area (Å²) < 4.78 is 0. The van der Waals surface area contributed by atoms with Gasteiger partial charge in [-0.2, -0.15) is 0 Å². The molecule has 182 valence electrons. The van der Waals surface area contributed by atoms with Gasteiger partial charge in [-0.3, -0.25) is 4.79 Å². The minimum atomic E-state index is -0.203. The van der Waals surface area contributed by atoms with Gasteiger partial charge >= 0.3 is 0 Å². The van der Waals surface area contributed by atoms with Crippen LogP contribution in [-0.2, 0) is 17.8 Å². The van der Waals surface area contributed by atoms with Crippen LogP contribution in [0.1, 0.15) is 42.6 Å². The average molecular weight is 510 g/mol. The van der Waals surface area contributed by atoms with Crippen molar-refractivity contribution in [2.24, 2.45) is 11.1 Å². The van der Waals surface area contributed by atoms with E-state index in [1.54, 1.807) is 25.4 Å². The minimum absolute atomic E-state index is 0.00606. The zero-order valence-corrected chi connectivity index (χ0v) is 21.0. The van der Waals surface area contributed by atoms with E-state index >= 15 is 0 Å². The molecule has 1 aliphatic heterocycles. The summed E-state index contributed by atoms with van der Waals surface area (Å²) >= 11 is 2.58. The molecule has 5 rings (SSSR count). The Morgan fingerprint density at radius 3 is 2.71 bits per heavy atom. The molecule has 0 amide bonds. The smallest absolute Gasteiger partial charge is 0.221 e. The monoisotopic (exact) mass is 509 g/mol. The van der Waals surface area contributed by atoms with Crippen molar-refractivity contribution < 1.29 is 9.90 Å². The molecule has 3 aromatic rings. The molecule has 11 heteroatoms. The maximum Gasteiger partial charge on any atom is 0.221 e. The summed E-state index contributed by atoms with van der Waals surface area (Å²) in [4.78, 5) is 32.0. The Bertz CT molecular complexity index is 1260. The van der Waals surface area contributed by atoms with E-state index in [4.69, 9.17) is 11.5 Å². The molecule has 5 N–H and O–H groups in total. The molecule has 1 atom stereocenters. The van der Waals surface area contributed by atoms with Gasteiger partial charge in [0, 0.05) is 37.1 Å². The van der Waals surface area contributed by atoms with Gasteiger partial charge < -0.3 is 21.5 Å². The lowest BCUT2D eigenvalue weighted by Gasteiger charge is -2.42. The standard InChI is InChI=1S/C24H27N7O2S2/c1-14(33)34-16-3-2-15-11-24(21(25)17(15)10-16)5-8-31(9-6-24)22-18(13-32)29-20(12-28-22)35-19-4-7-27-23(26)30-19/h2-4,7,10,12,21,32H,5-6,8-9,11,13,25H2,1H3,(H2,26,27,30)/t21-/m1/s1. The van der Waals surface area contributed by atoms with Gasteiger partial charge in [0.05, 0.1) is 12.8 Å². The Morgan fingerprint density at radius 1 is 1.20 bits per heavy atom. The van der Waals surface area contributed by atoms with Crippen molar-refractivity contribution in [3.8, 4) is 0 Å². The number of rotatable bonds is 5. The second-order valence-corrected chi connectivity index (χ2v) is 11.2. The van der Waals surface area contributed by atoms with Crippen molar-refractivity contribution in [1.29, 1.82) is 0 Å². The third-order valence-electron chi connectivity index (χ3n) is 6.78. The van der Waals surface area contributed by atoms with Gasteiger partial charge in [-0.05, 0) is 65.8 Å². The highest BCUT2D eigenvalue weighted by Crippen LogP contribution is 2.51. The summed E-state index contributed by atoms with van der Waals surface area (Å²) in [7, 11) is 0. The number of nitrogen functional groups attached to an aromatic ring is 1. The van der Waals surface area contributed by atoms with E-state index in [1.165, 1.54) is 29.1 Å². The first-order chi connectivity index (χ1) is 16.9. The molecule has 0 saturated carbocycles. The molecule has 1 aromatic carbocycles. The van der Waals surface area contributed by atoms with Gasteiger partial charge in [0.25, 0.3) is 0 Å². The fourth-order valence-electron chi connectivity index (χ4n) is 5.07. The molecule has 9 nitrogen and oxygen atoms in total. The van der Waals surface area contributed by atoms with Crippen LogP contribution in [0.2, 0.25) is 0 Å². The number of anilines is 2. The molecule has 1 aliphatic carbocycles. The van der Waals surface area contributed by atoms with Gasteiger partial charge in [0.2, 0.25) is 5.95 Å². The fourth-order valence-corrected chi connectivity index (χ4v) is 6.46. The third kappa shape index (κ3) is 4.86. The molecule has 1 spiro atoms. The van der Waals surface area contributed by atoms with Crippen molar-refractivity contribution in [3.63, 3.8) is 0 Å². The lowest BCUT2D eigenvalue weighted by molar-refractivity contribution is -0.109. The molecule has 0 radical (unpaired) electrons. The Kier molecular flexibility index (Phi) is 6.67. The van der Waals surface area contributed by atoms with Crippen LogP contribution < -0.4 is 16.4 Å². The first-order valence-electron chi connectivity index (χ1n) is 11.4. The van der Waals surface area contributed by atoms with Crippen molar-refractivity contribution >= 4 is 40.4 Å². The molecule has 1 saturated heterocycles. The second-order valence-electron chi connectivity index (χ2n) is 8.95. The minimum Gasteiger partial charge on any atom is -0.390 e. The summed E-state index contributed by atoms with van der Waals surface area (Å²) in [6.07, 6.45) is 6.08. The SMILES string of the molecule is CC(=O)Sc1ccc2c(c1)[C@@H](N)C1(CCN(c3ncc(Sc4ccnc(N)n4)nc3CO)CC1)C2. The number of benzene rings is 1. The Morgan fingerprint density at radius 2 is 2.00 bits per heavy atom. The van der Waals surface area contributed by atoms with E-state index in [0.29, 0.717) is 21.6 Å². The maximum absolute atomic E-state index is 11.5. The lowest BCUT2D eigenvalue weighted by atomic mass is 9.73. The van der Waals surface area contributed by atoms with Gasteiger partial charge in [0.1, 0.15) is 15.7 Å². The summed E-state index contributed by atoms with van der Waals surface area (Å²) in [5, 5.41) is 11.4. The van der Waals surface area contributed by atoms with Gasteiger partial charge in [-0.25, -0.2) is 19.9 Å². The highest BCUT2D eigenvalue weighted by Gasteiger charge is 2.46. The number of nitrogens with zero attached hydrogens (tertiary/aromatic N) is 5. The van der Waals surface area contributed by atoms with Crippen molar-refractivity contribution in [3.05, 3.63) is 53.5 Å². The zero-order valence-electron chi connectivity index (χ0n) is 19.3. The van der Waals surface area contributed by atoms with Crippen LogP contribution in [0.4, 0.5) is 11.8 Å². The second kappa shape index (κ2) is 9.73. The Labute approximate surface area is 212 Å². The normalized spacial score (nSPS) is 18.6. The lowest BCUT2D eigenvalue weighted by Crippen LogP contribution is -2.45. The van der Waals surface area contributed by atoms with Crippen LogP contribution in [-0.4, -0.2) is 43.2 Å². The highest BCUT2D eigenvalue weighted by molar-refractivity contribution is 8.13. The topological polar surface area (TPSA) is 144 Å². The number of piperidine rings is 1. The highest BCUT2D eigenvalue weighted by atomic mass is 32.2. The molecular formula is C24H27N7O2S2. The summed E-state index contributed by atoms with van der Waals surface area (Å²) in [5.74, 6) is 0.906. The fraction of sp³-hybridized carbons (Fsp3) is 0.375. The molecule has 2 aliphatic rings. The molecule has 2 aromatic heterocycles. The first kappa shape index (κ1) is 24.0. The van der Waals surface area contributed by atoms with Crippen molar-refractivity contribution in [1.82, 2.24) is 19.9 Å². The number of carbonyl (C=O) groups is 1. The molecule has 35 heavy (non-hydrogen) atoms. The number of carbonyl (C=O) groups excluding carboxylic acids is 1. The predicted molar refractivity (Wildman–Crippen MR) is 136 cm³/mol. The number of hydrogen-bond donors (Lipinski definition) is 3. The van der Waals surface area contributed by atoms with Crippen LogP contribution in [0.15, 0.2) is 51.6 Å². The summed E-state index contributed by atoms with van der Waals surface area (Å²) in [5.41, 5.74) is 15.4. The quantitative estimate of drug-likeness (QED) is 0.345. The van der Waals surface area contributed by atoms with Gasteiger partial charge in [0.15, 0.2) is 10.9 Å². The van der Waals surface area contributed by atoms with E-state index in [-0.39, 0.29) is 29.1 Å². The van der Waals surface area contributed by atoms with Gasteiger partial charge in [-0.1, -0.05) is 17.8 Å². The van der Waals surface area contributed by atoms with Crippen LogP contribution in [0.3, 0.4) is 0 Å². The van der Waals surface area contributed by atoms with Crippen molar-refractivity contribution in [2.45, 2.75) is 53.8 Å². The zero-order chi connectivity index (χ0) is 24.6. The van der Waals surface area contributed by atoms with Crippen LogP contribution in [0, 0.1) is 5.41 Å². The predicted octanol–water partition coefficient (Wildman–Crippen LogP) is 2.97. The number of aliphatic hydroxyl groups excluding tert-OH is 1. The average Bonchev–Trinajstić information content (AvgIpc) is 3.10. The molecule has 0 unspecified atom stereocenters. The molecular weight excluding hydrogens is 482 g/mol. The summed E-state index contributed by atoms with van der Waals surface area (Å²) in [6, 6.07) is 7.92. The largest absolute Gasteiger partial charge is 0.390 e. The maximum atomic E-state index is 11.5. The van der Waals surface area contributed by atoms with E-state index in [1.807, 2.05) is 6.07 Å². The number of hydrogen-bond acceptors (Lipinski definition) is 11. The number of aromatic nitrogens is 4. The van der Waals surface area contributed by atoms with Crippen LogP contribution >= 0.6 is 23.5 Å². The van der Waals surface area contributed by atoms with E-state index in [9.17, 15) is 9.90 Å². The molecule has 0 bridgehead atoms. The first-order valence-corrected chi connectivity index (χ1v) is 13.0. The third-order valence-corrected chi connectivity index (χ3v) is 8.40. The molecule has 3 heterocycles. The van der Waals surface area contributed by atoms with E-state index in [2.05, 4.69) is 37.0 Å². The number of fused-ring (bicyclic) bond motifs is 1. The number of thioether (sulfide) groups is 1. The van der Waals surface area contributed by atoms with Crippen LogP contribution in [0.25, 0.3) is 0 Å². The van der Waals surface area contributed by atoms with Crippen molar-refractivity contribution in [2.75, 3.05) is 23.7 Å². The molecule has 1 fully saturated rings. The van der Waals surface area contributed by atoms with E-state index < -0.39 is 0 Å².